The minimum atomic E-state index is -0.0880. The highest BCUT2D eigenvalue weighted by atomic mass is 127. The van der Waals surface area contributed by atoms with E-state index in [1.54, 1.807) is 7.05 Å². The van der Waals surface area contributed by atoms with E-state index < -0.39 is 0 Å². The van der Waals surface area contributed by atoms with Gasteiger partial charge in [-0.05, 0) is 37.8 Å². The zero-order chi connectivity index (χ0) is 19.4. The van der Waals surface area contributed by atoms with Crippen LogP contribution in [0.15, 0.2) is 17.1 Å². The Hall–Kier alpha value is -1.16. The van der Waals surface area contributed by atoms with Crippen LogP contribution in [0.1, 0.15) is 26.7 Å². The number of carbonyl (C=O) groups excluding carboxylic acids is 2. The number of hydrogen-bond acceptors (Lipinski definition) is 4. The van der Waals surface area contributed by atoms with Gasteiger partial charge in [0.25, 0.3) is 0 Å². The predicted octanol–water partition coefficient (Wildman–Crippen LogP) is 1.31. The van der Waals surface area contributed by atoms with Crippen molar-refractivity contribution in [2.45, 2.75) is 26.7 Å². The maximum absolute atomic E-state index is 12.6. The van der Waals surface area contributed by atoms with Gasteiger partial charge in [-0.25, -0.2) is 0 Å². The van der Waals surface area contributed by atoms with E-state index in [1.165, 1.54) is 4.90 Å². The fraction of sp³-hybridized carbons (Fsp3) is 0.750. The molecule has 1 heterocycles. The van der Waals surface area contributed by atoms with Crippen LogP contribution in [0.25, 0.3) is 0 Å². The number of likely N-dealkylation sites (N-methyl/N-ethyl adjacent to an activating group) is 1. The zero-order valence-corrected chi connectivity index (χ0v) is 19.5. The van der Waals surface area contributed by atoms with E-state index >= 15 is 0 Å². The monoisotopic (exact) mass is 503 g/mol. The summed E-state index contributed by atoms with van der Waals surface area (Å²) in [5, 5.41) is 6.58. The molecule has 1 aliphatic heterocycles. The lowest BCUT2D eigenvalue weighted by Crippen LogP contribution is -2.42. The summed E-state index contributed by atoms with van der Waals surface area (Å²) in [6, 6.07) is 0. The van der Waals surface area contributed by atoms with Crippen LogP contribution in [0.2, 0.25) is 0 Å². The summed E-state index contributed by atoms with van der Waals surface area (Å²) in [6.07, 6.45) is 5.99. The minimum absolute atomic E-state index is 0. The van der Waals surface area contributed by atoms with Gasteiger partial charge < -0.3 is 15.5 Å². The van der Waals surface area contributed by atoms with Crippen LogP contribution >= 0.6 is 24.0 Å². The van der Waals surface area contributed by atoms with Crippen LogP contribution in [0.5, 0.6) is 0 Å². The molecular formula is C20H34IN5O2. The number of carbonyl (C=O) groups is 2. The van der Waals surface area contributed by atoms with E-state index in [4.69, 9.17) is 0 Å². The van der Waals surface area contributed by atoms with Crippen LogP contribution in [-0.2, 0) is 9.59 Å². The van der Waals surface area contributed by atoms with Gasteiger partial charge >= 0.3 is 0 Å². The van der Waals surface area contributed by atoms with Gasteiger partial charge in [0.15, 0.2) is 5.96 Å². The predicted molar refractivity (Wildman–Crippen MR) is 122 cm³/mol. The average Bonchev–Trinajstić information content (AvgIpc) is 3.36. The molecule has 8 heteroatoms. The van der Waals surface area contributed by atoms with Gasteiger partial charge in [-0.15, -0.1) is 24.0 Å². The van der Waals surface area contributed by atoms with Crippen LogP contribution in [-0.4, -0.2) is 73.9 Å². The number of likely N-dealkylation sites (tertiary alicyclic amines) is 1. The van der Waals surface area contributed by atoms with Gasteiger partial charge in [0.1, 0.15) is 0 Å². The molecule has 4 unspecified atom stereocenters. The van der Waals surface area contributed by atoms with E-state index in [0.29, 0.717) is 13.1 Å². The largest absolute Gasteiger partial charge is 0.356 e. The van der Waals surface area contributed by atoms with Crippen molar-refractivity contribution in [3.8, 4) is 0 Å². The smallest absolute Gasteiger partial charge is 0.233 e. The molecule has 28 heavy (non-hydrogen) atoms. The van der Waals surface area contributed by atoms with Crippen molar-refractivity contribution in [1.82, 2.24) is 20.4 Å². The molecule has 2 aliphatic carbocycles. The SMILES string of the molecule is CCN(CC)CCNC(=NC)NCCCN1C(=O)C2C3C=CC(C3)C2C1=O.I. The Balaban J connectivity index is 0.00000280. The van der Waals surface area contributed by atoms with Gasteiger partial charge in [0.05, 0.1) is 11.8 Å². The Morgan fingerprint density at radius 2 is 1.68 bits per heavy atom. The lowest BCUT2D eigenvalue weighted by Gasteiger charge is -2.20. The molecule has 2 bridgehead atoms. The molecule has 4 atom stereocenters. The molecule has 158 valence electrons. The Kier molecular flexibility index (Phi) is 8.73. The normalized spacial score (nSPS) is 28.1. The zero-order valence-electron chi connectivity index (χ0n) is 17.2. The molecule has 0 aromatic rings. The van der Waals surface area contributed by atoms with Gasteiger partial charge in [0.2, 0.25) is 11.8 Å². The third-order valence-corrected chi connectivity index (χ3v) is 6.25. The highest BCUT2D eigenvalue weighted by molar-refractivity contribution is 14.0. The molecular weight excluding hydrogens is 469 g/mol. The number of guanidine groups is 1. The summed E-state index contributed by atoms with van der Waals surface area (Å²) in [5.41, 5.74) is 0. The maximum Gasteiger partial charge on any atom is 0.233 e. The van der Waals surface area contributed by atoms with Crippen LogP contribution in [0.3, 0.4) is 0 Å². The van der Waals surface area contributed by atoms with Gasteiger partial charge in [-0.2, -0.15) is 0 Å². The van der Waals surface area contributed by atoms with E-state index in [0.717, 1.165) is 45.0 Å². The van der Waals surface area contributed by atoms with E-state index in [9.17, 15) is 9.59 Å². The number of rotatable bonds is 9. The second-order valence-electron chi connectivity index (χ2n) is 7.63. The number of nitrogens with one attached hydrogen (secondary N) is 2. The van der Waals surface area contributed by atoms with Crippen LogP contribution in [0, 0.1) is 23.7 Å². The first-order chi connectivity index (χ1) is 13.1. The Labute approximate surface area is 185 Å². The molecule has 2 N–H and O–H groups in total. The minimum Gasteiger partial charge on any atom is -0.356 e. The standard InChI is InChI=1S/C20H33N5O2.HI/c1-4-24(5-2)12-10-23-20(21-3)22-9-6-11-25-18(26)16-14-7-8-15(13-14)17(16)19(25)27;/h7-8,14-17H,4-6,9-13H2,1-3H3,(H2,21,22,23);1H. The second-order valence-corrected chi connectivity index (χ2v) is 7.63. The summed E-state index contributed by atoms with van der Waals surface area (Å²) >= 11 is 0. The summed E-state index contributed by atoms with van der Waals surface area (Å²) in [6.45, 7) is 9.40. The molecule has 3 aliphatic rings. The quantitative estimate of drug-likeness (QED) is 0.124. The van der Waals surface area contributed by atoms with Crippen molar-refractivity contribution in [3.05, 3.63) is 12.2 Å². The first kappa shape index (κ1) is 23.1. The maximum atomic E-state index is 12.6. The third kappa shape index (κ3) is 4.69. The second kappa shape index (κ2) is 10.6. The number of fused-ring (bicyclic) bond motifs is 5. The van der Waals surface area contributed by atoms with E-state index in [2.05, 4.69) is 46.5 Å². The van der Waals surface area contributed by atoms with Crippen molar-refractivity contribution < 1.29 is 9.59 Å². The van der Waals surface area contributed by atoms with E-state index in [-0.39, 0.29) is 59.5 Å². The third-order valence-electron chi connectivity index (χ3n) is 6.25. The molecule has 0 aromatic heterocycles. The molecule has 0 aromatic carbocycles. The van der Waals surface area contributed by atoms with Crippen LogP contribution < -0.4 is 10.6 Å². The van der Waals surface area contributed by atoms with Gasteiger partial charge in [-0.3, -0.25) is 19.5 Å². The number of hydrogen-bond donors (Lipinski definition) is 2. The van der Waals surface area contributed by atoms with Crippen molar-refractivity contribution in [2.24, 2.45) is 28.7 Å². The number of amides is 2. The first-order valence-corrected chi connectivity index (χ1v) is 10.3. The lowest BCUT2D eigenvalue weighted by molar-refractivity contribution is -0.140. The molecule has 2 fully saturated rings. The summed E-state index contributed by atoms with van der Waals surface area (Å²) in [7, 11) is 1.75. The van der Waals surface area contributed by atoms with Crippen molar-refractivity contribution >= 4 is 41.8 Å². The Morgan fingerprint density at radius 3 is 2.21 bits per heavy atom. The molecule has 1 saturated heterocycles. The topological polar surface area (TPSA) is 77.0 Å². The molecule has 0 radical (unpaired) electrons. The summed E-state index contributed by atoms with van der Waals surface area (Å²) in [4.78, 5) is 33.4. The Bertz CT molecular complexity index is 590. The molecule has 2 amide bonds. The molecule has 7 nitrogen and oxygen atoms in total. The van der Waals surface area contributed by atoms with E-state index in [1.807, 2.05) is 0 Å². The lowest BCUT2D eigenvalue weighted by atomic mass is 9.85. The fourth-order valence-electron chi connectivity index (χ4n) is 4.72. The number of allylic oxidation sites excluding steroid dienone is 2. The fourth-order valence-corrected chi connectivity index (χ4v) is 4.72. The molecule has 0 spiro atoms. The van der Waals surface area contributed by atoms with Gasteiger partial charge in [-0.1, -0.05) is 26.0 Å². The highest BCUT2D eigenvalue weighted by Crippen LogP contribution is 2.52. The van der Waals surface area contributed by atoms with Gasteiger partial charge in [0, 0.05) is 33.2 Å². The summed E-state index contributed by atoms with van der Waals surface area (Å²) < 4.78 is 0. The number of halogens is 1. The molecule has 1 saturated carbocycles. The van der Waals surface area contributed by atoms with Crippen molar-refractivity contribution in [1.29, 1.82) is 0 Å². The average molecular weight is 503 g/mol. The highest BCUT2D eigenvalue weighted by Gasteiger charge is 2.58. The Morgan fingerprint density at radius 1 is 1.11 bits per heavy atom. The van der Waals surface area contributed by atoms with Crippen molar-refractivity contribution in [3.63, 3.8) is 0 Å². The summed E-state index contributed by atoms with van der Waals surface area (Å²) in [5.74, 6) is 1.25. The molecule has 3 rings (SSSR count). The first-order valence-electron chi connectivity index (χ1n) is 10.3. The van der Waals surface area contributed by atoms with Crippen molar-refractivity contribution in [2.75, 3.05) is 46.3 Å². The van der Waals surface area contributed by atoms with Crippen LogP contribution in [0.4, 0.5) is 0 Å². The number of aliphatic imine (C=N–C) groups is 1. The number of nitrogens with zero attached hydrogens (tertiary/aromatic N) is 3. The number of imide groups is 1.